The summed E-state index contributed by atoms with van der Waals surface area (Å²) in [7, 11) is 1.33. The summed E-state index contributed by atoms with van der Waals surface area (Å²) in [5, 5.41) is 9.13. The van der Waals surface area contributed by atoms with E-state index in [0.29, 0.717) is 10.1 Å². The molecule has 1 fully saturated rings. The van der Waals surface area contributed by atoms with Gasteiger partial charge in [-0.15, -0.1) is 11.3 Å². The second kappa shape index (κ2) is 13.4. The molecule has 6 nitrogen and oxygen atoms in total. The smallest absolute Gasteiger partial charge is 0.393 e. The van der Waals surface area contributed by atoms with Crippen molar-refractivity contribution in [3.63, 3.8) is 0 Å². The maximum Gasteiger partial charge on any atom is 0.393 e. The zero-order valence-corrected chi connectivity index (χ0v) is 23.5. The summed E-state index contributed by atoms with van der Waals surface area (Å²) in [6, 6.07) is 7.59. The quantitative estimate of drug-likeness (QED) is 0.204. The highest BCUT2D eigenvalue weighted by atomic mass is 32.1. The van der Waals surface area contributed by atoms with Crippen LogP contribution in [0.1, 0.15) is 40.6 Å². The minimum absolute atomic E-state index is 0.0505. The lowest BCUT2D eigenvalue weighted by Gasteiger charge is -2.32. The molecule has 4 rings (SSSR count). The van der Waals surface area contributed by atoms with Gasteiger partial charge in [-0.2, -0.15) is 13.2 Å². The molecule has 2 aromatic carbocycles. The minimum Gasteiger partial charge on any atom is -0.461 e. The van der Waals surface area contributed by atoms with Crippen molar-refractivity contribution in [1.29, 1.82) is 0 Å². The lowest BCUT2D eigenvalue weighted by molar-refractivity contribution is -0.126. The van der Waals surface area contributed by atoms with Crippen LogP contribution in [0.2, 0.25) is 0 Å². The summed E-state index contributed by atoms with van der Waals surface area (Å²) >= 11 is 1.20. The largest absolute Gasteiger partial charge is 0.461 e. The third-order valence-electron chi connectivity index (χ3n) is 6.91. The SMILES string of the molecule is CCN1CCC(Nc2cccc3c(CC(F)(F)F)c(C#CCNc4cc(F)c(C(=O)NC)cc4OCF)sc23)CC1. The molecule has 0 unspecified atom stereocenters. The topological polar surface area (TPSA) is 65.6 Å². The number of ether oxygens (including phenoxy) is 1. The maximum atomic E-state index is 14.5. The highest BCUT2D eigenvalue weighted by Gasteiger charge is 2.31. The Morgan fingerprint density at radius 3 is 2.61 bits per heavy atom. The number of alkyl halides is 4. The normalized spacial score (nSPS) is 14.4. The summed E-state index contributed by atoms with van der Waals surface area (Å²) in [5.41, 5.74) is 0.623. The van der Waals surface area contributed by atoms with Crippen molar-refractivity contribution in [2.45, 2.75) is 38.4 Å². The van der Waals surface area contributed by atoms with Gasteiger partial charge in [0.25, 0.3) is 5.91 Å². The number of fused-ring (bicyclic) bond motifs is 1. The van der Waals surface area contributed by atoms with Gasteiger partial charge in [0, 0.05) is 32.2 Å². The van der Waals surface area contributed by atoms with Crippen molar-refractivity contribution in [2.24, 2.45) is 0 Å². The standard InChI is InChI=1S/C29H31F5N4O2S/c1-3-38-12-9-18(10-13-38)37-23-7-4-6-19-21(16-29(32,33)34)26(41-27(19)23)8-5-11-36-24-15-22(31)20(28(39)35-2)14-25(24)40-17-30/h4,6-7,14-15,18,36-37H,3,9-13,16-17H2,1-2H3,(H,35,39). The van der Waals surface area contributed by atoms with Gasteiger partial charge in [0.2, 0.25) is 6.86 Å². The van der Waals surface area contributed by atoms with E-state index < -0.39 is 31.2 Å². The molecule has 0 spiro atoms. The van der Waals surface area contributed by atoms with Crippen LogP contribution >= 0.6 is 11.3 Å². The summed E-state index contributed by atoms with van der Waals surface area (Å²) < 4.78 is 73.7. The molecule has 1 aromatic heterocycles. The number of hydrogen-bond donors (Lipinski definition) is 3. The molecule has 1 saturated heterocycles. The van der Waals surface area contributed by atoms with Crippen LogP contribution in [0.4, 0.5) is 33.3 Å². The first-order valence-electron chi connectivity index (χ1n) is 13.2. The first-order chi connectivity index (χ1) is 19.6. The van der Waals surface area contributed by atoms with Crippen LogP contribution in [-0.2, 0) is 6.42 Å². The highest BCUT2D eigenvalue weighted by Crippen LogP contribution is 2.39. The molecule has 0 radical (unpaired) electrons. The van der Waals surface area contributed by atoms with Crippen LogP contribution in [0.3, 0.4) is 0 Å². The van der Waals surface area contributed by atoms with Crippen molar-refractivity contribution in [2.75, 3.05) is 50.7 Å². The monoisotopic (exact) mass is 594 g/mol. The minimum atomic E-state index is -4.43. The molecule has 1 aliphatic heterocycles. The number of amides is 1. The van der Waals surface area contributed by atoms with E-state index in [-0.39, 0.29) is 40.0 Å². The summed E-state index contributed by atoms with van der Waals surface area (Å²) in [6.45, 7) is 3.74. The van der Waals surface area contributed by atoms with Gasteiger partial charge in [0.1, 0.15) is 11.6 Å². The molecule has 1 aliphatic rings. The molecular weight excluding hydrogens is 563 g/mol. The molecule has 3 aromatic rings. The molecular formula is C29H31F5N4O2S. The van der Waals surface area contributed by atoms with Gasteiger partial charge in [-0.3, -0.25) is 4.79 Å². The average molecular weight is 595 g/mol. The van der Waals surface area contributed by atoms with E-state index in [0.717, 1.165) is 50.3 Å². The summed E-state index contributed by atoms with van der Waals surface area (Å²) in [5.74, 6) is 3.97. The Balaban J connectivity index is 1.59. The molecule has 1 amide bonds. The lowest BCUT2D eigenvalue weighted by atomic mass is 10.0. The van der Waals surface area contributed by atoms with Gasteiger partial charge in [-0.1, -0.05) is 30.9 Å². The number of nitrogens with zero attached hydrogens (tertiary/aromatic N) is 1. The van der Waals surface area contributed by atoms with E-state index in [2.05, 4.69) is 39.6 Å². The van der Waals surface area contributed by atoms with Crippen molar-refractivity contribution in [1.82, 2.24) is 10.2 Å². The van der Waals surface area contributed by atoms with Gasteiger partial charge in [-0.05, 0) is 42.5 Å². The van der Waals surface area contributed by atoms with Gasteiger partial charge >= 0.3 is 6.18 Å². The molecule has 0 aliphatic carbocycles. The zero-order chi connectivity index (χ0) is 29.6. The fourth-order valence-corrected chi connectivity index (χ4v) is 5.99. The number of benzene rings is 2. The van der Waals surface area contributed by atoms with Crippen molar-refractivity contribution in [3.05, 3.63) is 52.2 Å². The first kappa shape index (κ1) is 30.4. The fourth-order valence-electron chi connectivity index (χ4n) is 4.82. The van der Waals surface area contributed by atoms with Crippen LogP contribution in [0.5, 0.6) is 5.75 Å². The Kier molecular flexibility index (Phi) is 9.94. The number of rotatable bonds is 9. The number of anilines is 2. The number of hydrogen-bond acceptors (Lipinski definition) is 6. The number of nitrogens with one attached hydrogen (secondary N) is 3. The van der Waals surface area contributed by atoms with E-state index >= 15 is 0 Å². The van der Waals surface area contributed by atoms with Crippen molar-refractivity contribution < 1.29 is 31.5 Å². The van der Waals surface area contributed by atoms with E-state index in [1.54, 1.807) is 12.1 Å². The number of halogens is 5. The van der Waals surface area contributed by atoms with E-state index in [4.69, 9.17) is 4.74 Å². The Hall–Kier alpha value is -3.56. The van der Waals surface area contributed by atoms with Crippen LogP contribution in [-0.4, -0.2) is 63.1 Å². The Morgan fingerprint density at radius 2 is 1.95 bits per heavy atom. The molecule has 3 N–H and O–H groups in total. The van der Waals surface area contributed by atoms with Crippen LogP contribution in [0.15, 0.2) is 30.3 Å². The Bertz CT molecular complexity index is 1440. The van der Waals surface area contributed by atoms with Crippen LogP contribution < -0.4 is 20.7 Å². The van der Waals surface area contributed by atoms with Gasteiger partial charge in [0.15, 0.2) is 0 Å². The van der Waals surface area contributed by atoms with Gasteiger partial charge in [-0.25, -0.2) is 8.78 Å². The Labute approximate surface area is 239 Å². The summed E-state index contributed by atoms with van der Waals surface area (Å²) in [6.07, 6.45) is -3.66. The van der Waals surface area contributed by atoms with E-state index in [1.807, 2.05) is 6.07 Å². The zero-order valence-electron chi connectivity index (χ0n) is 22.7. The molecule has 41 heavy (non-hydrogen) atoms. The van der Waals surface area contributed by atoms with Crippen LogP contribution in [0, 0.1) is 17.7 Å². The number of likely N-dealkylation sites (tertiary alicyclic amines) is 1. The molecule has 2 heterocycles. The maximum absolute atomic E-state index is 14.5. The predicted molar refractivity (Wildman–Crippen MR) is 152 cm³/mol. The second-order valence-electron chi connectivity index (χ2n) is 9.55. The van der Waals surface area contributed by atoms with Crippen LogP contribution in [0.25, 0.3) is 10.1 Å². The van der Waals surface area contributed by atoms with Gasteiger partial charge in [0.05, 0.1) is 39.5 Å². The third-order valence-corrected chi connectivity index (χ3v) is 8.11. The number of thiophene rings is 1. The number of piperidine rings is 1. The number of carbonyl (C=O) groups is 1. The number of carbonyl (C=O) groups excluding carboxylic acids is 1. The molecule has 220 valence electrons. The first-order valence-corrected chi connectivity index (χ1v) is 14.0. The second-order valence-corrected chi connectivity index (χ2v) is 10.6. The predicted octanol–water partition coefficient (Wildman–Crippen LogP) is 6.17. The average Bonchev–Trinajstić information content (AvgIpc) is 3.29. The highest BCUT2D eigenvalue weighted by molar-refractivity contribution is 7.20. The van der Waals surface area contributed by atoms with E-state index in [1.165, 1.54) is 18.4 Å². The molecule has 0 atom stereocenters. The van der Waals surface area contributed by atoms with Gasteiger partial charge < -0.3 is 25.6 Å². The van der Waals surface area contributed by atoms with Crippen molar-refractivity contribution in [3.8, 4) is 17.6 Å². The fraction of sp³-hybridized carbons (Fsp3) is 0.414. The molecule has 0 saturated carbocycles. The third kappa shape index (κ3) is 7.59. The lowest BCUT2D eigenvalue weighted by Crippen LogP contribution is -2.38. The molecule has 0 bridgehead atoms. The Morgan fingerprint density at radius 1 is 1.20 bits per heavy atom. The van der Waals surface area contributed by atoms with E-state index in [9.17, 15) is 26.7 Å². The molecule has 12 heteroatoms. The summed E-state index contributed by atoms with van der Waals surface area (Å²) in [4.78, 5) is 14.5. The van der Waals surface area contributed by atoms with Crippen molar-refractivity contribution >= 4 is 38.7 Å².